The fourth-order valence-electron chi connectivity index (χ4n) is 2.38. The Balaban J connectivity index is 2.01. The maximum atomic E-state index is 12.6. The SMILES string of the molecule is Cc1ccc(S(=O)(=O)C2CCN(C(=O)OC(C)(C)C)CC2)nn1. The van der Waals surface area contributed by atoms with Crippen LogP contribution in [0.3, 0.4) is 0 Å². The van der Waals surface area contributed by atoms with Gasteiger partial charge in [-0.3, -0.25) is 0 Å². The van der Waals surface area contributed by atoms with E-state index in [1.165, 1.54) is 6.07 Å². The highest BCUT2D eigenvalue weighted by atomic mass is 32.2. The number of likely N-dealkylation sites (tertiary alicyclic amines) is 1. The maximum Gasteiger partial charge on any atom is 0.410 e. The molecule has 23 heavy (non-hydrogen) atoms. The summed E-state index contributed by atoms with van der Waals surface area (Å²) in [6.45, 7) is 7.88. The molecule has 1 fully saturated rings. The van der Waals surface area contributed by atoms with E-state index in [1.807, 2.05) is 0 Å². The number of aromatic nitrogens is 2. The molecule has 1 saturated heterocycles. The minimum Gasteiger partial charge on any atom is -0.444 e. The minimum atomic E-state index is -3.52. The van der Waals surface area contributed by atoms with Crippen LogP contribution in [0.1, 0.15) is 39.3 Å². The summed E-state index contributed by atoms with van der Waals surface area (Å²) in [7, 11) is -3.52. The zero-order valence-corrected chi connectivity index (χ0v) is 14.8. The van der Waals surface area contributed by atoms with Crippen molar-refractivity contribution in [1.29, 1.82) is 0 Å². The highest BCUT2D eigenvalue weighted by Crippen LogP contribution is 2.24. The molecule has 0 atom stereocenters. The number of ether oxygens (including phenoxy) is 1. The molecule has 2 rings (SSSR count). The molecule has 2 heterocycles. The number of nitrogens with zero attached hydrogens (tertiary/aromatic N) is 3. The fraction of sp³-hybridized carbons (Fsp3) is 0.667. The molecule has 0 aromatic carbocycles. The average molecular weight is 341 g/mol. The molecule has 8 heteroatoms. The molecule has 0 saturated carbocycles. The summed E-state index contributed by atoms with van der Waals surface area (Å²) in [5.41, 5.74) is 0.112. The van der Waals surface area contributed by atoms with Gasteiger partial charge in [-0.15, -0.1) is 5.10 Å². The van der Waals surface area contributed by atoms with Crippen LogP contribution in [-0.4, -0.2) is 53.5 Å². The fourth-order valence-corrected chi connectivity index (χ4v) is 3.97. The Morgan fingerprint density at radius 1 is 1.22 bits per heavy atom. The van der Waals surface area contributed by atoms with Crippen molar-refractivity contribution in [2.75, 3.05) is 13.1 Å². The Morgan fingerprint density at radius 2 is 1.83 bits per heavy atom. The highest BCUT2D eigenvalue weighted by Gasteiger charge is 2.35. The van der Waals surface area contributed by atoms with E-state index in [9.17, 15) is 13.2 Å². The monoisotopic (exact) mass is 341 g/mol. The van der Waals surface area contributed by atoms with Gasteiger partial charge in [0.1, 0.15) is 5.60 Å². The summed E-state index contributed by atoms with van der Waals surface area (Å²) in [6.07, 6.45) is 0.345. The summed E-state index contributed by atoms with van der Waals surface area (Å²) in [5.74, 6) is 0. The lowest BCUT2D eigenvalue weighted by molar-refractivity contribution is 0.0217. The molecule has 0 radical (unpaired) electrons. The van der Waals surface area contributed by atoms with Crippen LogP contribution in [0.25, 0.3) is 0 Å². The van der Waals surface area contributed by atoms with Crippen molar-refractivity contribution in [1.82, 2.24) is 15.1 Å². The van der Waals surface area contributed by atoms with Crippen molar-refractivity contribution in [3.05, 3.63) is 17.8 Å². The smallest absolute Gasteiger partial charge is 0.410 e. The number of piperidine rings is 1. The molecule has 1 aromatic heterocycles. The van der Waals surface area contributed by atoms with Crippen LogP contribution in [0.15, 0.2) is 17.2 Å². The largest absolute Gasteiger partial charge is 0.444 e. The summed E-state index contributed by atoms with van der Waals surface area (Å²) < 4.78 is 30.4. The van der Waals surface area contributed by atoms with Crippen molar-refractivity contribution in [3.63, 3.8) is 0 Å². The van der Waals surface area contributed by atoms with E-state index < -0.39 is 26.8 Å². The van der Waals surface area contributed by atoms with Crippen LogP contribution in [0.5, 0.6) is 0 Å². The van der Waals surface area contributed by atoms with Gasteiger partial charge in [0.2, 0.25) is 0 Å². The predicted octanol–water partition coefficient (Wildman–Crippen LogP) is 1.96. The van der Waals surface area contributed by atoms with Crippen LogP contribution in [-0.2, 0) is 14.6 Å². The minimum absolute atomic E-state index is 0.00109. The normalized spacial score (nSPS) is 17.1. The third kappa shape index (κ3) is 4.40. The molecular weight excluding hydrogens is 318 g/mol. The summed E-state index contributed by atoms with van der Waals surface area (Å²) in [6, 6.07) is 3.12. The van der Waals surface area contributed by atoms with E-state index in [2.05, 4.69) is 10.2 Å². The number of aryl methyl sites for hydroxylation is 1. The molecule has 1 amide bonds. The third-order valence-corrected chi connectivity index (χ3v) is 5.75. The zero-order valence-electron chi connectivity index (χ0n) is 13.9. The topological polar surface area (TPSA) is 89.5 Å². The van der Waals surface area contributed by atoms with Gasteiger partial charge in [-0.05, 0) is 52.7 Å². The molecule has 0 bridgehead atoms. The van der Waals surface area contributed by atoms with Gasteiger partial charge in [-0.1, -0.05) is 0 Å². The number of amides is 1. The summed E-state index contributed by atoms with van der Waals surface area (Å²) in [5, 5.41) is 7.05. The molecular formula is C15H23N3O4S. The Morgan fingerprint density at radius 3 is 2.30 bits per heavy atom. The summed E-state index contributed by atoms with van der Waals surface area (Å²) >= 11 is 0. The van der Waals surface area contributed by atoms with Crippen molar-refractivity contribution in [2.45, 2.75) is 56.4 Å². The van der Waals surface area contributed by atoms with Gasteiger partial charge in [-0.2, -0.15) is 5.10 Å². The molecule has 128 valence electrons. The predicted molar refractivity (Wildman–Crippen MR) is 84.8 cm³/mol. The van der Waals surface area contributed by atoms with E-state index in [0.717, 1.165) is 0 Å². The second kappa shape index (κ2) is 6.43. The van der Waals surface area contributed by atoms with Gasteiger partial charge < -0.3 is 9.64 Å². The first-order valence-corrected chi connectivity index (χ1v) is 9.16. The second-order valence-electron chi connectivity index (χ2n) is 6.72. The Hall–Kier alpha value is -1.70. The van der Waals surface area contributed by atoms with Crippen molar-refractivity contribution >= 4 is 15.9 Å². The van der Waals surface area contributed by atoms with Crippen molar-refractivity contribution in [2.24, 2.45) is 0 Å². The van der Waals surface area contributed by atoms with Crippen LogP contribution in [0.4, 0.5) is 4.79 Å². The quantitative estimate of drug-likeness (QED) is 0.817. The van der Waals surface area contributed by atoms with Crippen LogP contribution in [0.2, 0.25) is 0 Å². The van der Waals surface area contributed by atoms with Gasteiger partial charge in [-0.25, -0.2) is 13.2 Å². The molecule has 0 unspecified atom stereocenters. The van der Waals surface area contributed by atoms with Crippen LogP contribution >= 0.6 is 0 Å². The first-order valence-electron chi connectivity index (χ1n) is 7.62. The van der Waals surface area contributed by atoms with E-state index in [-0.39, 0.29) is 5.03 Å². The van der Waals surface area contributed by atoms with E-state index in [0.29, 0.717) is 31.6 Å². The van der Waals surface area contributed by atoms with Gasteiger partial charge in [0.05, 0.1) is 10.9 Å². The maximum absolute atomic E-state index is 12.6. The third-order valence-electron chi connectivity index (χ3n) is 3.60. The standard InChI is InChI=1S/C15H23N3O4S/c1-11-5-6-13(17-16-11)23(20,21)12-7-9-18(10-8-12)14(19)22-15(2,3)4/h5-6,12H,7-10H2,1-4H3. The number of carbonyl (C=O) groups excluding carboxylic acids is 1. The number of hydrogen-bond acceptors (Lipinski definition) is 6. The van der Waals surface area contributed by atoms with Gasteiger partial charge in [0.25, 0.3) is 0 Å². The molecule has 1 aromatic rings. The Bertz CT molecular complexity index is 657. The van der Waals surface area contributed by atoms with Crippen molar-refractivity contribution < 1.29 is 17.9 Å². The average Bonchev–Trinajstić information content (AvgIpc) is 2.46. The molecule has 0 N–H and O–H groups in total. The van der Waals surface area contributed by atoms with Gasteiger partial charge >= 0.3 is 6.09 Å². The highest BCUT2D eigenvalue weighted by molar-refractivity contribution is 7.92. The van der Waals surface area contributed by atoms with E-state index in [4.69, 9.17) is 4.74 Å². The summed E-state index contributed by atoms with van der Waals surface area (Å²) in [4.78, 5) is 13.6. The number of hydrogen-bond donors (Lipinski definition) is 0. The number of sulfone groups is 1. The van der Waals surface area contributed by atoms with Crippen LogP contribution < -0.4 is 0 Å². The van der Waals surface area contributed by atoms with E-state index >= 15 is 0 Å². The Kier molecular flexibility index (Phi) is 4.93. The molecule has 1 aliphatic heterocycles. The lowest BCUT2D eigenvalue weighted by Gasteiger charge is -2.33. The van der Waals surface area contributed by atoms with Crippen molar-refractivity contribution in [3.8, 4) is 0 Å². The number of carbonyl (C=O) groups is 1. The zero-order chi connectivity index (χ0) is 17.3. The first-order chi connectivity index (χ1) is 10.6. The molecule has 0 aliphatic carbocycles. The lowest BCUT2D eigenvalue weighted by atomic mass is 10.1. The van der Waals surface area contributed by atoms with Gasteiger partial charge in [0.15, 0.2) is 14.9 Å². The van der Waals surface area contributed by atoms with Gasteiger partial charge in [0, 0.05) is 13.1 Å². The lowest BCUT2D eigenvalue weighted by Crippen LogP contribution is -2.44. The second-order valence-corrected chi connectivity index (χ2v) is 8.90. The number of rotatable bonds is 2. The molecule has 1 aliphatic rings. The first kappa shape index (κ1) is 17.7. The molecule has 0 spiro atoms. The van der Waals surface area contributed by atoms with E-state index in [1.54, 1.807) is 38.7 Å². The van der Waals surface area contributed by atoms with Crippen LogP contribution in [0, 0.1) is 6.92 Å². The molecule has 7 nitrogen and oxygen atoms in total. The Labute approximate surface area is 137 Å².